The standard InChI is InChI=1S/C15H16Cl3N7O/c1-6(19)11(24-12(18)13(20)21)14(26)25-15-22-5-10(23-15)7-2-3-8(16)9(17)4-7/h2-4,10H,1,5,19-21H2,(H2,22,23,25,26)/b24-11+. The van der Waals surface area contributed by atoms with E-state index in [9.17, 15) is 4.79 Å². The minimum atomic E-state index is -0.762. The molecule has 1 aliphatic rings. The second-order valence-corrected chi connectivity index (χ2v) is 6.42. The molecule has 1 aromatic carbocycles. The molecule has 8 nitrogen and oxygen atoms in total. The largest absolute Gasteiger partial charge is 0.397 e. The van der Waals surface area contributed by atoms with Crippen LogP contribution in [0.5, 0.6) is 0 Å². The highest BCUT2D eigenvalue weighted by atomic mass is 35.5. The number of nitrogens with two attached hydrogens (primary N) is 3. The molecule has 0 spiro atoms. The summed E-state index contributed by atoms with van der Waals surface area (Å²) in [6, 6.07) is 5.09. The SMILES string of the molecule is C=C(N)/C(=N\C(Cl)=C(N)N)C(=O)/N=C1/NCC(c2ccc(Cl)c(Cl)c2)N1. The number of benzene rings is 1. The number of hydrogen-bond donors (Lipinski definition) is 5. The molecular weight excluding hydrogens is 401 g/mol. The summed E-state index contributed by atoms with van der Waals surface area (Å²) < 4.78 is 0. The quantitative estimate of drug-likeness (QED) is 0.370. The maximum atomic E-state index is 12.3. The predicted octanol–water partition coefficient (Wildman–Crippen LogP) is 1.31. The Hall–Kier alpha value is -2.42. The van der Waals surface area contributed by atoms with Crippen LogP contribution in [0.2, 0.25) is 10.0 Å². The number of rotatable bonds is 4. The van der Waals surface area contributed by atoms with Gasteiger partial charge in [0.2, 0.25) is 0 Å². The van der Waals surface area contributed by atoms with E-state index in [4.69, 9.17) is 52.0 Å². The Morgan fingerprint density at radius 2 is 1.92 bits per heavy atom. The fourth-order valence-electron chi connectivity index (χ4n) is 2.04. The van der Waals surface area contributed by atoms with Crippen molar-refractivity contribution in [1.29, 1.82) is 0 Å². The second-order valence-electron chi connectivity index (χ2n) is 5.25. The normalized spacial score (nSPS) is 18.2. The maximum absolute atomic E-state index is 12.3. The van der Waals surface area contributed by atoms with Gasteiger partial charge in [0, 0.05) is 6.54 Å². The van der Waals surface area contributed by atoms with Crippen LogP contribution in [0.3, 0.4) is 0 Å². The van der Waals surface area contributed by atoms with Crippen LogP contribution >= 0.6 is 34.8 Å². The van der Waals surface area contributed by atoms with Crippen LogP contribution < -0.4 is 27.8 Å². The average molecular weight is 417 g/mol. The van der Waals surface area contributed by atoms with Gasteiger partial charge in [-0.25, -0.2) is 4.99 Å². The Labute approximate surface area is 164 Å². The number of carbonyl (C=O) groups excluding carboxylic acids is 1. The first-order valence-corrected chi connectivity index (χ1v) is 8.35. The Morgan fingerprint density at radius 3 is 2.50 bits per heavy atom. The minimum Gasteiger partial charge on any atom is -0.397 e. The van der Waals surface area contributed by atoms with Crippen molar-refractivity contribution < 1.29 is 4.79 Å². The van der Waals surface area contributed by atoms with Crippen LogP contribution in [0.1, 0.15) is 11.6 Å². The number of nitrogens with zero attached hydrogens (tertiary/aromatic N) is 2. The van der Waals surface area contributed by atoms with E-state index in [-0.39, 0.29) is 34.4 Å². The molecule has 1 saturated heterocycles. The monoisotopic (exact) mass is 415 g/mol. The first kappa shape index (κ1) is 19.9. The van der Waals surface area contributed by atoms with Crippen molar-refractivity contribution in [3.05, 3.63) is 57.1 Å². The zero-order valence-electron chi connectivity index (χ0n) is 13.4. The first-order valence-electron chi connectivity index (χ1n) is 7.21. The smallest absolute Gasteiger partial charge is 0.300 e. The molecule has 1 atom stereocenters. The molecule has 1 unspecified atom stereocenters. The van der Waals surface area contributed by atoms with E-state index in [1.165, 1.54) is 0 Å². The van der Waals surface area contributed by atoms with E-state index in [0.29, 0.717) is 16.6 Å². The van der Waals surface area contributed by atoms with E-state index >= 15 is 0 Å². The summed E-state index contributed by atoms with van der Waals surface area (Å²) in [7, 11) is 0. The summed E-state index contributed by atoms with van der Waals surface area (Å²) in [5.74, 6) is -0.787. The summed E-state index contributed by atoms with van der Waals surface area (Å²) >= 11 is 17.7. The van der Waals surface area contributed by atoms with Crippen molar-refractivity contribution in [2.24, 2.45) is 27.2 Å². The summed E-state index contributed by atoms with van der Waals surface area (Å²) in [6.07, 6.45) is 0. The van der Waals surface area contributed by atoms with E-state index < -0.39 is 5.91 Å². The van der Waals surface area contributed by atoms with Gasteiger partial charge in [-0.1, -0.05) is 47.4 Å². The molecule has 1 heterocycles. The van der Waals surface area contributed by atoms with Crippen molar-refractivity contribution in [3.63, 3.8) is 0 Å². The Morgan fingerprint density at radius 1 is 1.23 bits per heavy atom. The third-order valence-corrected chi connectivity index (χ3v) is 4.34. The molecule has 1 aromatic rings. The number of guanidine groups is 1. The van der Waals surface area contributed by atoms with Crippen molar-refractivity contribution in [3.8, 4) is 0 Å². The fraction of sp³-hybridized carbons (Fsp3) is 0.133. The van der Waals surface area contributed by atoms with Crippen molar-refractivity contribution in [1.82, 2.24) is 10.6 Å². The number of nitrogens with one attached hydrogen (secondary N) is 2. The Balaban J connectivity index is 2.19. The van der Waals surface area contributed by atoms with E-state index in [0.717, 1.165) is 5.56 Å². The highest BCUT2D eigenvalue weighted by Crippen LogP contribution is 2.26. The lowest BCUT2D eigenvalue weighted by atomic mass is 10.1. The van der Waals surface area contributed by atoms with Crippen molar-refractivity contribution in [2.45, 2.75) is 6.04 Å². The third-order valence-electron chi connectivity index (χ3n) is 3.30. The predicted molar refractivity (Wildman–Crippen MR) is 105 cm³/mol. The van der Waals surface area contributed by atoms with Crippen LogP contribution in [0, 0.1) is 0 Å². The molecule has 0 saturated carbocycles. The zero-order chi connectivity index (χ0) is 19.4. The number of amides is 1. The van der Waals surface area contributed by atoms with Crippen LogP contribution in [0.25, 0.3) is 0 Å². The molecule has 1 fully saturated rings. The van der Waals surface area contributed by atoms with Gasteiger partial charge in [0.05, 0.1) is 21.8 Å². The van der Waals surface area contributed by atoms with Gasteiger partial charge in [-0.05, 0) is 17.7 Å². The van der Waals surface area contributed by atoms with Crippen LogP contribution in [-0.4, -0.2) is 24.1 Å². The minimum absolute atomic E-state index is 0.127. The Kier molecular flexibility index (Phi) is 6.36. The van der Waals surface area contributed by atoms with Crippen molar-refractivity contribution in [2.75, 3.05) is 6.54 Å². The van der Waals surface area contributed by atoms with Gasteiger partial charge in [0.15, 0.2) is 16.8 Å². The van der Waals surface area contributed by atoms with E-state index in [1.54, 1.807) is 12.1 Å². The number of hydrogen-bond acceptors (Lipinski definition) is 5. The molecule has 11 heteroatoms. The molecule has 0 bridgehead atoms. The van der Waals surface area contributed by atoms with E-state index in [2.05, 4.69) is 27.2 Å². The van der Waals surface area contributed by atoms with Gasteiger partial charge in [-0.2, -0.15) is 4.99 Å². The highest BCUT2D eigenvalue weighted by molar-refractivity contribution is 6.47. The molecule has 8 N–H and O–H groups in total. The molecule has 138 valence electrons. The average Bonchev–Trinajstić information content (AvgIpc) is 3.02. The van der Waals surface area contributed by atoms with Gasteiger partial charge in [-0.3, -0.25) is 4.79 Å². The topological polar surface area (TPSA) is 144 Å². The number of carbonyl (C=O) groups is 1. The molecule has 0 aliphatic carbocycles. The molecule has 1 aliphatic heterocycles. The first-order chi connectivity index (χ1) is 12.2. The molecule has 0 aromatic heterocycles. The highest BCUT2D eigenvalue weighted by Gasteiger charge is 2.23. The van der Waals surface area contributed by atoms with E-state index in [1.807, 2.05) is 6.07 Å². The lowest BCUT2D eigenvalue weighted by Crippen LogP contribution is -2.29. The van der Waals surface area contributed by atoms with Crippen molar-refractivity contribution >= 4 is 52.4 Å². The van der Waals surface area contributed by atoms with Gasteiger partial charge in [0.25, 0.3) is 0 Å². The van der Waals surface area contributed by atoms with Crippen LogP contribution in [0.4, 0.5) is 0 Å². The van der Waals surface area contributed by atoms with Gasteiger partial charge < -0.3 is 27.8 Å². The molecular formula is C15H16Cl3N7O. The molecule has 1 amide bonds. The van der Waals surface area contributed by atoms with Gasteiger partial charge >= 0.3 is 5.91 Å². The number of aliphatic imine (C=N–C) groups is 2. The molecule has 2 rings (SSSR count). The summed E-state index contributed by atoms with van der Waals surface area (Å²) in [5, 5.41) is 6.62. The van der Waals surface area contributed by atoms with Crippen LogP contribution in [0.15, 0.2) is 51.4 Å². The van der Waals surface area contributed by atoms with Gasteiger partial charge in [0.1, 0.15) is 5.82 Å². The molecule has 26 heavy (non-hydrogen) atoms. The summed E-state index contributed by atoms with van der Waals surface area (Å²) in [5.41, 5.74) is 16.7. The second kappa shape index (κ2) is 8.31. The Bertz CT molecular complexity index is 844. The summed E-state index contributed by atoms with van der Waals surface area (Å²) in [6.45, 7) is 3.95. The molecule has 0 radical (unpaired) electrons. The van der Waals surface area contributed by atoms with Crippen LogP contribution in [-0.2, 0) is 4.79 Å². The third kappa shape index (κ3) is 4.81. The summed E-state index contributed by atoms with van der Waals surface area (Å²) in [4.78, 5) is 19.9. The lowest BCUT2D eigenvalue weighted by Gasteiger charge is -2.10. The fourth-order valence-corrected chi connectivity index (χ4v) is 2.43. The van der Waals surface area contributed by atoms with Gasteiger partial charge in [-0.15, -0.1) is 0 Å². The lowest BCUT2D eigenvalue weighted by molar-refractivity contribution is -0.111. The number of halogens is 3. The zero-order valence-corrected chi connectivity index (χ0v) is 15.7. The maximum Gasteiger partial charge on any atom is 0.300 e.